The molecule has 1 unspecified atom stereocenters. The SMILES string of the molecule is CCN(CC)C(CNC(=O)NCC(=O)NCC(F)(F)F)c1ccsc1. The van der Waals surface area contributed by atoms with Crippen LogP contribution in [0.2, 0.25) is 0 Å². The highest BCUT2D eigenvalue weighted by Gasteiger charge is 2.27. The number of amides is 3. The normalized spacial score (nSPS) is 12.7. The first-order valence-electron chi connectivity index (χ1n) is 7.88. The van der Waals surface area contributed by atoms with Crippen molar-refractivity contribution in [1.29, 1.82) is 0 Å². The van der Waals surface area contributed by atoms with Crippen LogP contribution in [0, 0.1) is 0 Å². The molecule has 0 aromatic carbocycles. The van der Waals surface area contributed by atoms with Crippen molar-refractivity contribution in [1.82, 2.24) is 20.9 Å². The summed E-state index contributed by atoms with van der Waals surface area (Å²) >= 11 is 1.56. The molecule has 1 atom stereocenters. The number of carbonyl (C=O) groups excluding carboxylic acids is 2. The van der Waals surface area contributed by atoms with Crippen molar-refractivity contribution in [3.63, 3.8) is 0 Å². The maximum absolute atomic E-state index is 12.0. The lowest BCUT2D eigenvalue weighted by atomic mass is 10.1. The highest BCUT2D eigenvalue weighted by Crippen LogP contribution is 2.22. The van der Waals surface area contributed by atoms with E-state index in [2.05, 4.69) is 15.5 Å². The molecular formula is C15H23F3N4O2S. The molecule has 6 nitrogen and oxygen atoms in total. The number of thiophene rings is 1. The van der Waals surface area contributed by atoms with E-state index in [4.69, 9.17) is 0 Å². The van der Waals surface area contributed by atoms with Gasteiger partial charge in [-0.1, -0.05) is 13.8 Å². The largest absolute Gasteiger partial charge is 0.405 e. The molecule has 1 aromatic rings. The van der Waals surface area contributed by atoms with E-state index in [1.54, 1.807) is 16.7 Å². The Morgan fingerprint density at radius 3 is 2.40 bits per heavy atom. The number of urea groups is 1. The monoisotopic (exact) mass is 380 g/mol. The van der Waals surface area contributed by atoms with E-state index in [1.807, 2.05) is 30.7 Å². The van der Waals surface area contributed by atoms with Gasteiger partial charge in [0.05, 0.1) is 12.6 Å². The Bertz CT molecular complexity index is 533. The van der Waals surface area contributed by atoms with E-state index in [9.17, 15) is 22.8 Å². The first-order chi connectivity index (χ1) is 11.8. The molecular weight excluding hydrogens is 357 g/mol. The van der Waals surface area contributed by atoms with Crippen molar-refractivity contribution >= 4 is 23.3 Å². The average Bonchev–Trinajstić information content (AvgIpc) is 3.08. The highest BCUT2D eigenvalue weighted by molar-refractivity contribution is 7.07. The fourth-order valence-electron chi connectivity index (χ4n) is 2.26. The van der Waals surface area contributed by atoms with Gasteiger partial charge in [0.25, 0.3) is 0 Å². The molecule has 0 aliphatic rings. The third-order valence-electron chi connectivity index (χ3n) is 3.53. The Morgan fingerprint density at radius 1 is 1.20 bits per heavy atom. The van der Waals surface area contributed by atoms with E-state index in [0.717, 1.165) is 18.7 Å². The molecule has 0 spiro atoms. The molecule has 10 heteroatoms. The number of hydrogen-bond donors (Lipinski definition) is 3. The van der Waals surface area contributed by atoms with Crippen molar-refractivity contribution in [2.45, 2.75) is 26.1 Å². The Labute approximate surface area is 148 Å². The maximum Gasteiger partial charge on any atom is 0.405 e. The summed E-state index contributed by atoms with van der Waals surface area (Å²) in [5, 5.41) is 10.6. The molecule has 3 amide bonds. The second-order valence-electron chi connectivity index (χ2n) is 5.25. The molecule has 0 bridgehead atoms. The van der Waals surface area contributed by atoms with Gasteiger partial charge in [0, 0.05) is 6.54 Å². The molecule has 142 valence electrons. The van der Waals surface area contributed by atoms with Gasteiger partial charge in [0.15, 0.2) is 0 Å². The molecule has 0 saturated heterocycles. The Kier molecular flexibility index (Phi) is 8.70. The standard InChI is InChI=1S/C15H23F3N4O2S/c1-3-22(4-2)12(11-5-6-25-9-11)7-19-14(24)20-8-13(23)21-10-15(16,17)18/h5-6,9,12H,3-4,7-8,10H2,1-2H3,(H,21,23)(H2,19,20,24). The van der Waals surface area contributed by atoms with Crippen LogP contribution in [-0.2, 0) is 4.79 Å². The topological polar surface area (TPSA) is 73.5 Å². The molecule has 25 heavy (non-hydrogen) atoms. The van der Waals surface area contributed by atoms with Gasteiger partial charge in [-0.2, -0.15) is 24.5 Å². The molecule has 0 aliphatic heterocycles. The third-order valence-corrected chi connectivity index (χ3v) is 4.23. The van der Waals surface area contributed by atoms with Gasteiger partial charge in [-0.25, -0.2) is 4.79 Å². The molecule has 1 aromatic heterocycles. The second kappa shape index (κ2) is 10.2. The summed E-state index contributed by atoms with van der Waals surface area (Å²) in [4.78, 5) is 25.2. The van der Waals surface area contributed by atoms with E-state index < -0.39 is 31.2 Å². The van der Waals surface area contributed by atoms with Crippen LogP contribution in [0.3, 0.4) is 0 Å². The molecule has 0 fully saturated rings. The Morgan fingerprint density at radius 2 is 1.88 bits per heavy atom. The lowest BCUT2D eigenvalue weighted by Gasteiger charge is -2.29. The van der Waals surface area contributed by atoms with Gasteiger partial charge >= 0.3 is 12.2 Å². The fourth-order valence-corrected chi connectivity index (χ4v) is 2.97. The van der Waals surface area contributed by atoms with Gasteiger partial charge in [0.1, 0.15) is 6.54 Å². The summed E-state index contributed by atoms with van der Waals surface area (Å²) in [5.74, 6) is -0.898. The van der Waals surface area contributed by atoms with Gasteiger partial charge in [0.2, 0.25) is 5.91 Å². The van der Waals surface area contributed by atoms with Gasteiger partial charge < -0.3 is 16.0 Å². The molecule has 1 rings (SSSR count). The maximum atomic E-state index is 12.0. The van der Waals surface area contributed by atoms with E-state index in [-0.39, 0.29) is 6.04 Å². The number of hydrogen-bond acceptors (Lipinski definition) is 4. The quantitative estimate of drug-likeness (QED) is 0.614. The van der Waals surface area contributed by atoms with Crippen LogP contribution in [0.1, 0.15) is 25.5 Å². The number of likely N-dealkylation sites (N-methyl/N-ethyl adjacent to an activating group) is 1. The zero-order chi connectivity index (χ0) is 18.9. The Balaban J connectivity index is 2.43. The lowest BCUT2D eigenvalue weighted by molar-refractivity contribution is -0.137. The van der Waals surface area contributed by atoms with Crippen LogP contribution in [0.25, 0.3) is 0 Å². The number of nitrogens with one attached hydrogen (secondary N) is 3. The van der Waals surface area contributed by atoms with Crippen LogP contribution >= 0.6 is 11.3 Å². The molecule has 0 radical (unpaired) electrons. The van der Waals surface area contributed by atoms with Crippen LogP contribution in [0.5, 0.6) is 0 Å². The number of alkyl halides is 3. The predicted molar refractivity (Wildman–Crippen MR) is 90.4 cm³/mol. The Hall–Kier alpha value is -1.81. The average molecular weight is 380 g/mol. The highest BCUT2D eigenvalue weighted by atomic mass is 32.1. The second-order valence-corrected chi connectivity index (χ2v) is 6.03. The van der Waals surface area contributed by atoms with Crippen molar-refractivity contribution in [2.75, 3.05) is 32.7 Å². The van der Waals surface area contributed by atoms with Gasteiger partial charge in [-0.15, -0.1) is 0 Å². The number of nitrogens with zero attached hydrogens (tertiary/aromatic N) is 1. The summed E-state index contributed by atoms with van der Waals surface area (Å²) in [5.41, 5.74) is 1.08. The van der Waals surface area contributed by atoms with Crippen molar-refractivity contribution in [3.05, 3.63) is 22.4 Å². The summed E-state index contributed by atoms with van der Waals surface area (Å²) in [6.45, 7) is 4.05. The molecule has 0 saturated carbocycles. The van der Waals surface area contributed by atoms with Crippen molar-refractivity contribution in [3.8, 4) is 0 Å². The summed E-state index contributed by atoms with van der Waals surface area (Å²) < 4.78 is 36.0. The van der Waals surface area contributed by atoms with Crippen LogP contribution in [0.4, 0.5) is 18.0 Å². The minimum Gasteiger partial charge on any atom is -0.345 e. The zero-order valence-corrected chi connectivity index (χ0v) is 15.0. The smallest absolute Gasteiger partial charge is 0.345 e. The summed E-state index contributed by atoms with van der Waals surface area (Å²) in [7, 11) is 0. The number of carbonyl (C=O) groups is 2. The van der Waals surface area contributed by atoms with Crippen molar-refractivity contribution < 1.29 is 22.8 Å². The van der Waals surface area contributed by atoms with Crippen LogP contribution in [0.15, 0.2) is 16.8 Å². The fraction of sp³-hybridized carbons (Fsp3) is 0.600. The number of rotatable bonds is 9. The third kappa shape index (κ3) is 8.21. The summed E-state index contributed by atoms with van der Waals surface area (Å²) in [6, 6.07) is 1.37. The van der Waals surface area contributed by atoms with Gasteiger partial charge in [-0.05, 0) is 35.5 Å². The minimum atomic E-state index is -4.48. The lowest BCUT2D eigenvalue weighted by Crippen LogP contribution is -2.46. The molecule has 1 heterocycles. The molecule has 3 N–H and O–H groups in total. The van der Waals surface area contributed by atoms with E-state index >= 15 is 0 Å². The first kappa shape index (κ1) is 21.2. The van der Waals surface area contributed by atoms with E-state index in [0.29, 0.717) is 6.54 Å². The van der Waals surface area contributed by atoms with Crippen LogP contribution in [-0.4, -0.2) is 55.7 Å². The van der Waals surface area contributed by atoms with Crippen molar-refractivity contribution in [2.24, 2.45) is 0 Å². The minimum absolute atomic E-state index is 0.00828. The van der Waals surface area contributed by atoms with E-state index in [1.165, 1.54) is 0 Å². The first-order valence-corrected chi connectivity index (χ1v) is 8.82. The summed E-state index contributed by atoms with van der Waals surface area (Å²) in [6.07, 6.45) is -4.48. The van der Waals surface area contributed by atoms with Crippen LogP contribution < -0.4 is 16.0 Å². The predicted octanol–water partition coefficient (Wildman–Crippen LogP) is 2.11. The van der Waals surface area contributed by atoms with Gasteiger partial charge in [-0.3, -0.25) is 9.69 Å². The number of halogens is 3. The molecule has 0 aliphatic carbocycles. The zero-order valence-electron chi connectivity index (χ0n) is 14.2.